The molecule has 0 aromatic carbocycles. The molecule has 0 aromatic rings. The summed E-state index contributed by atoms with van der Waals surface area (Å²) in [6.45, 7) is 16.5. The fraction of sp³-hybridized carbons (Fsp3) is 1.00. The fourth-order valence-corrected chi connectivity index (χ4v) is 4.92. The van der Waals surface area contributed by atoms with Crippen molar-refractivity contribution in [3.05, 3.63) is 0 Å². The van der Waals surface area contributed by atoms with Crippen LogP contribution in [0.25, 0.3) is 0 Å². The summed E-state index contributed by atoms with van der Waals surface area (Å²) < 4.78 is 17.1. The smallest absolute Gasteiger partial charge is 0.389 e. The normalized spacial score (nSPS) is 12.3. The van der Waals surface area contributed by atoms with E-state index in [1.54, 1.807) is 0 Å². The fourth-order valence-electron chi connectivity index (χ4n) is 2.00. The maximum absolute atomic E-state index is 9.31. The first-order chi connectivity index (χ1) is 10.3. The molecule has 0 atom stereocenters. The molecular weight excluding hydrogens is 298 g/mol. The van der Waals surface area contributed by atoms with Crippen LogP contribution in [-0.4, -0.2) is 45.9 Å². The predicted molar refractivity (Wildman–Crippen MR) is 94.9 cm³/mol. The summed E-state index contributed by atoms with van der Waals surface area (Å²) in [6, 6.07) is 0.905. The van der Waals surface area contributed by atoms with E-state index in [4.69, 9.17) is 19.0 Å². The largest absolute Gasteiger partial charge is 0.501 e. The first kappa shape index (κ1) is 24.3. The second-order valence-corrected chi connectivity index (χ2v) is 8.36. The van der Waals surface area contributed by atoms with Gasteiger partial charge in [-0.25, -0.2) is 0 Å². The first-order valence-corrected chi connectivity index (χ1v) is 10.6. The average molecular weight is 338 g/mol. The standard InChI is InChI=1S/C10H24O3Si.C6H15NO/c1-6-11-14(12-7-2,13-8-3)9-10(4)5;1-3-6(8,4-2)5-7/h10H,6-9H2,1-5H3;8H,3-5,7H2,1-2H3. The highest BCUT2D eigenvalue weighted by Gasteiger charge is 2.40. The molecule has 0 unspecified atom stereocenters. The molecule has 3 N–H and O–H groups in total. The summed E-state index contributed by atoms with van der Waals surface area (Å²) in [7, 11) is -2.36. The van der Waals surface area contributed by atoms with E-state index in [1.165, 1.54) is 0 Å². The Bertz CT molecular complexity index is 223. The summed E-state index contributed by atoms with van der Waals surface area (Å²) in [6.07, 6.45) is 1.50. The third kappa shape index (κ3) is 10.7. The maximum atomic E-state index is 9.31. The van der Waals surface area contributed by atoms with Crippen molar-refractivity contribution in [3.8, 4) is 0 Å². The van der Waals surface area contributed by atoms with E-state index in [9.17, 15) is 5.11 Å². The van der Waals surface area contributed by atoms with Crippen molar-refractivity contribution in [2.45, 2.75) is 73.0 Å². The second kappa shape index (κ2) is 13.5. The minimum atomic E-state index is -2.36. The molecule has 0 spiro atoms. The van der Waals surface area contributed by atoms with Gasteiger partial charge in [0.1, 0.15) is 0 Å². The Labute approximate surface area is 138 Å². The lowest BCUT2D eigenvalue weighted by atomic mass is 9.98. The van der Waals surface area contributed by atoms with Gasteiger partial charge in [-0.1, -0.05) is 27.7 Å². The van der Waals surface area contributed by atoms with Gasteiger partial charge in [0.15, 0.2) is 0 Å². The van der Waals surface area contributed by atoms with Crippen LogP contribution in [0.1, 0.15) is 61.3 Å². The van der Waals surface area contributed by atoms with Crippen LogP contribution in [0.5, 0.6) is 0 Å². The van der Waals surface area contributed by atoms with Crippen molar-refractivity contribution in [3.63, 3.8) is 0 Å². The predicted octanol–water partition coefficient (Wildman–Crippen LogP) is 3.19. The Morgan fingerprint density at radius 1 is 0.909 bits per heavy atom. The summed E-state index contributed by atoms with van der Waals surface area (Å²) in [5.41, 5.74) is 4.68. The molecule has 5 nitrogen and oxygen atoms in total. The van der Waals surface area contributed by atoms with Crippen LogP contribution in [0.15, 0.2) is 0 Å². The highest BCUT2D eigenvalue weighted by atomic mass is 28.4. The van der Waals surface area contributed by atoms with Crippen LogP contribution < -0.4 is 5.73 Å². The average Bonchev–Trinajstić information content (AvgIpc) is 2.47. The van der Waals surface area contributed by atoms with Crippen molar-refractivity contribution in [2.75, 3.05) is 26.4 Å². The molecule has 0 aliphatic rings. The van der Waals surface area contributed by atoms with Gasteiger partial charge < -0.3 is 24.1 Å². The second-order valence-electron chi connectivity index (χ2n) is 5.72. The quantitative estimate of drug-likeness (QED) is 0.566. The third-order valence-corrected chi connectivity index (χ3v) is 6.95. The van der Waals surface area contributed by atoms with Gasteiger partial charge in [-0.15, -0.1) is 0 Å². The molecule has 0 aromatic heterocycles. The molecule has 0 aliphatic carbocycles. The molecule has 0 radical (unpaired) electrons. The van der Waals surface area contributed by atoms with E-state index in [1.807, 2.05) is 34.6 Å². The molecule has 22 heavy (non-hydrogen) atoms. The molecule has 0 amide bonds. The Kier molecular flexibility index (Phi) is 14.8. The number of hydrogen-bond acceptors (Lipinski definition) is 5. The Hall–Kier alpha value is 0.0169. The van der Waals surface area contributed by atoms with E-state index in [0.29, 0.717) is 32.3 Å². The van der Waals surface area contributed by atoms with Crippen molar-refractivity contribution in [1.82, 2.24) is 0 Å². The highest BCUT2D eigenvalue weighted by molar-refractivity contribution is 6.60. The molecule has 0 bridgehead atoms. The minimum Gasteiger partial charge on any atom is -0.389 e. The number of rotatable bonds is 11. The molecule has 0 saturated heterocycles. The van der Waals surface area contributed by atoms with Gasteiger partial charge in [0.25, 0.3) is 0 Å². The van der Waals surface area contributed by atoms with Crippen LogP contribution in [0.2, 0.25) is 6.04 Å². The lowest BCUT2D eigenvalue weighted by molar-refractivity contribution is 0.0414. The monoisotopic (exact) mass is 337 g/mol. The zero-order chi connectivity index (χ0) is 17.6. The summed E-state index contributed by atoms with van der Waals surface area (Å²) in [4.78, 5) is 0. The van der Waals surface area contributed by atoms with E-state index in [0.717, 1.165) is 18.9 Å². The number of nitrogens with two attached hydrogens (primary N) is 1. The zero-order valence-corrected chi connectivity index (χ0v) is 16.8. The van der Waals surface area contributed by atoms with Gasteiger partial charge in [0, 0.05) is 32.4 Å². The van der Waals surface area contributed by atoms with Crippen molar-refractivity contribution < 1.29 is 18.4 Å². The number of hydrogen-bond donors (Lipinski definition) is 2. The van der Waals surface area contributed by atoms with Crippen LogP contribution in [0, 0.1) is 5.92 Å². The summed E-state index contributed by atoms with van der Waals surface area (Å²) >= 11 is 0. The molecule has 6 heteroatoms. The van der Waals surface area contributed by atoms with Gasteiger partial charge in [0.05, 0.1) is 5.60 Å². The Morgan fingerprint density at radius 2 is 1.27 bits per heavy atom. The van der Waals surface area contributed by atoms with E-state index >= 15 is 0 Å². The van der Waals surface area contributed by atoms with E-state index in [-0.39, 0.29) is 0 Å². The number of aliphatic hydroxyl groups is 1. The molecule has 136 valence electrons. The summed E-state index contributed by atoms with van der Waals surface area (Å²) in [5.74, 6) is 0.548. The van der Waals surface area contributed by atoms with Crippen molar-refractivity contribution >= 4 is 8.80 Å². The molecule has 0 heterocycles. The van der Waals surface area contributed by atoms with Gasteiger partial charge in [0.2, 0.25) is 0 Å². The Balaban J connectivity index is 0. The van der Waals surface area contributed by atoms with Gasteiger partial charge in [-0.05, 0) is 39.5 Å². The SMILES string of the molecule is CCC(O)(CC)CN.CCO[Si](CC(C)C)(OCC)OCC. The summed E-state index contributed by atoms with van der Waals surface area (Å²) in [5, 5.41) is 9.31. The van der Waals surface area contributed by atoms with Gasteiger partial charge >= 0.3 is 8.80 Å². The Morgan fingerprint density at radius 3 is 1.41 bits per heavy atom. The zero-order valence-electron chi connectivity index (χ0n) is 15.8. The van der Waals surface area contributed by atoms with E-state index in [2.05, 4.69) is 13.8 Å². The topological polar surface area (TPSA) is 73.9 Å². The molecular formula is C16H39NO4Si. The van der Waals surface area contributed by atoms with Crippen LogP contribution >= 0.6 is 0 Å². The third-order valence-electron chi connectivity index (χ3n) is 3.45. The van der Waals surface area contributed by atoms with Crippen LogP contribution in [-0.2, 0) is 13.3 Å². The van der Waals surface area contributed by atoms with Gasteiger partial charge in [-0.2, -0.15) is 0 Å². The molecule has 0 fully saturated rings. The first-order valence-electron chi connectivity index (χ1n) is 8.62. The molecule has 0 rings (SSSR count). The van der Waals surface area contributed by atoms with E-state index < -0.39 is 14.4 Å². The van der Waals surface area contributed by atoms with Crippen molar-refractivity contribution in [2.24, 2.45) is 11.7 Å². The van der Waals surface area contributed by atoms with Gasteiger partial charge in [-0.3, -0.25) is 0 Å². The maximum Gasteiger partial charge on any atom is 0.501 e. The van der Waals surface area contributed by atoms with Crippen LogP contribution in [0.4, 0.5) is 0 Å². The lowest BCUT2D eigenvalue weighted by Gasteiger charge is -2.29. The van der Waals surface area contributed by atoms with Crippen LogP contribution in [0.3, 0.4) is 0 Å². The lowest BCUT2D eigenvalue weighted by Crippen LogP contribution is -2.46. The molecule has 0 saturated carbocycles. The van der Waals surface area contributed by atoms with Crippen molar-refractivity contribution in [1.29, 1.82) is 0 Å². The minimum absolute atomic E-state index is 0.375. The molecule has 0 aliphatic heterocycles. The highest BCUT2D eigenvalue weighted by Crippen LogP contribution is 2.21.